The SMILES string of the molecule is C=CC(=O)Nc1cc(Nc2cc(N3OCC[C@@H]3c3cccc(F)c3)ncn2)c(OC)cc1-n1ccnc1C. The first kappa shape index (κ1) is 24.9. The maximum atomic E-state index is 13.9. The molecule has 11 heteroatoms. The van der Waals surface area contributed by atoms with Crippen molar-refractivity contribution in [3.05, 3.63) is 91.0 Å². The number of carbonyl (C=O) groups is 1. The molecule has 0 aliphatic carbocycles. The van der Waals surface area contributed by atoms with Crippen LogP contribution in [-0.4, -0.2) is 39.1 Å². The van der Waals surface area contributed by atoms with Crippen molar-refractivity contribution < 1.29 is 18.8 Å². The van der Waals surface area contributed by atoms with Gasteiger partial charge in [0, 0.05) is 30.9 Å². The molecule has 5 rings (SSSR count). The van der Waals surface area contributed by atoms with E-state index in [-0.39, 0.29) is 17.8 Å². The van der Waals surface area contributed by atoms with Gasteiger partial charge in [-0.15, -0.1) is 0 Å². The van der Waals surface area contributed by atoms with E-state index in [9.17, 15) is 9.18 Å². The number of rotatable bonds is 8. The molecule has 1 aliphatic rings. The Balaban J connectivity index is 1.48. The summed E-state index contributed by atoms with van der Waals surface area (Å²) in [5, 5.41) is 7.76. The summed E-state index contributed by atoms with van der Waals surface area (Å²) in [6.45, 7) is 5.88. The van der Waals surface area contributed by atoms with E-state index in [1.54, 1.807) is 48.8 Å². The fourth-order valence-corrected chi connectivity index (χ4v) is 4.34. The second-order valence-electron chi connectivity index (χ2n) is 8.51. The number of ether oxygens (including phenoxy) is 1. The summed E-state index contributed by atoms with van der Waals surface area (Å²) in [4.78, 5) is 31.0. The van der Waals surface area contributed by atoms with Crippen molar-refractivity contribution in [1.29, 1.82) is 0 Å². The number of aromatic nitrogens is 4. The standard InChI is InChI=1S/C27H26FN7O3/c1-4-27(36)33-20-13-21(24(37-3)14-23(20)34-10-9-29-17(34)2)32-25-15-26(31-16-30-25)35-22(8-11-38-35)18-6-5-7-19(28)12-18/h4-7,9-10,12-16,22H,1,8,11H2,2-3H3,(H,33,36)(H,30,31,32)/t22-/m1/s1. The van der Waals surface area contributed by atoms with E-state index in [0.29, 0.717) is 47.5 Å². The Hall–Kier alpha value is -4.77. The van der Waals surface area contributed by atoms with Crippen molar-refractivity contribution in [1.82, 2.24) is 19.5 Å². The number of aryl methyl sites for hydroxylation is 1. The summed E-state index contributed by atoms with van der Waals surface area (Å²) in [5.41, 5.74) is 2.54. The molecule has 2 N–H and O–H groups in total. The molecule has 3 heterocycles. The number of anilines is 4. The van der Waals surface area contributed by atoms with E-state index >= 15 is 0 Å². The normalized spacial score (nSPS) is 14.8. The third kappa shape index (κ3) is 5.04. The number of imidazole rings is 1. The van der Waals surface area contributed by atoms with Crippen LogP contribution in [0.2, 0.25) is 0 Å². The second kappa shape index (κ2) is 10.7. The van der Waals surface area contributed by atoms with Gasteiger partial charge in [-0.3, -0.25) is 9.63 Å². The third-order valence-corrected chi connectivity index (χ3v) is 6.13. The summed E-state index contributed by atoms with van der Waals surface area (Å²) >= 11 is 0. The van der Waals surface area contributed by atoms with Crippen LogP contribution >= 0.6 is 0 Å². The van der Waals surface area contributed by atoms with Crippen LogP contribution in [0.15, 0.2) is 73.8 Å². The molecule has 0 radical (unpaired) electrons. The predicted molar refractivity (Wildman–Crippen MR) is 141 cm³/mol. The van der Waals surface area contributed by atoms with Crippen LogP contribution in [0.25, 0.3) is 5.69 Å². The molecule has 2 aromatic heterocycles. The number of nitrogens with one attached hydrogen (secondary N) is 2. The molecular weight excluding hydrogens is 489 g/mol. The number of benzene rings is 2. The van der Waals surface area contributed by atoms with Gasteiger partial charge in [0.05, 0.1) is 36.8 Å². The maximum Gasteiger partial charge on any atom is 0.247 e. The van der Waals surface area contributed by atoms with Crippen LogP contribution in [0, 0.1) is 12.7 Å². The van der Waals surface area contributed by atoms with Gasteiger partial charge >= 0.3 is 0 Å². The minimum absolute atomic E-state index is 0.193. The summed E-state index contributed by atoms with van der Waals surface area (Å²) in [5.74, 6) is 1.56. The Labute approximate surface area is 218 Å². The zero-order valence-electron chi connectivity index (χ0n) is 20.9. The number of methoxy groups -OCH3 is 1. The third-order valence-electron chi connectivity index (χ3n) is 6.13. The van der Waals surface area contributed by atoms with Crippen molar-refractivity contribution in [3.8, 4) is 11.4 Å². The summed E-state index contributed by atoms with van der Waals surface area (Å²) in [6, 6.07) is 11.5. The molecule has 0 spiro atoms. The lowest BCUT2D eigenvalue weighted by molar-refractivity contribution is -0.111. The van der Waals surface area contributed by atoms with Crippen molar-refractivity contribution in [2.45, 2.75) is 19.4 Å². The van der Waals surface area contributed by atoms with E-state index in [4.69, 9.17) is 9.57 Å². The molecule has 1 fully saturated rings. The topological polar surface area (TPSA) is 106 Å². The van der Waals surface area contributed by atoms with Crippen LogP contribution in [0.3, 0.4) is 0 Å². The molecule has 1 amide bonds. The van der Waals surface area contributed by atoms with Crippen molar-refractivity contribution in [3.63, 3.8) is 0 Å². The number of hydroxylamine groups is 1. The monoisotopic (exact) mass is 515 g/mol. The first-order valence-corrected chi connectivity index (χ1v) is 11.9. The van der Waals surface area contributed by atoms with Gasteiger partial charge in [-0.05, 0) is 36.8 Å². The highest BCUT2D eigenvalue weighted by molar-refractivity contribution is 6.01. The van der Waals surface area contributed by atoms with Crippen LogP contribution in [0.1, 0.15) is 23.9 Å². The van der Waals surface area contributed by atoms with Crippen LogP contribution in [0.5, 0.6) is 5.75 Å². The zero-order valence-corrected chi connectivity index (χ0v) is 20.9. The molecule has 1 saturated heterocycles. The highest BCUT2D eigenvalue weighted by atomic mass is 19.1. The molecule has 38 heavy (non-hydrogen) atoms. The summed E-state index contributed by atoms with van der Waals surface area (Å²) < 4.78 is 21.4. The molecule has 0 unspecified atom stereocenters. The van der Waals surface area contributed by atoms with Crippen molar-refractivity contribution >= 4 is 28.9 Å². The Morgan fingerprint density at radius 1 is 1.21 bits per heavy atom. The van der Waals surface area contributed by atoms with Crippen molar-refractivity contribution in [2.75, 3.05) is 29.4 Å². The lowest BCUT2D eigenvalue weighted by Crippen LogP contribution is -2.22. The van der Waals surface area contributed by atoms with Gasteiger partial charge in [-0.25, -0.2) is 24.4 Å². The van der Waals surface area contributed by atoms with Crippen LogP contribution in [0.4, 0.5) is 27.4 Å². The average molecular weight is 516 g/mol. The van der Waals surface area contributed by atoms with Crippen molar-refractivity contribution in [2.24, 2.45) is 0 Å². The minimum Gasteiger partial charge on any atom is -0.494 e. The Kier molecular flexibility index (Phi) is 7.00. The van der Waals surface area contributed by atoms with Gasteiger partial charge in [0.25, 0.3) is 0 Å². The number of hydrogen-bond acceptors (Lipinski definition) is 8. The molecule has 10 nitrogen and oxygen atoms in total. The molecular formula is C27H26FN7O3. The Morgan fingerprint density at radius 3 is 2.82 bits per heavy atom. The number of nitrogens with zero attached hydrogens (tertiary/aromatic N) is 5. The number of halogens is 1. The molecule has 0 saturated carbocycles. The summed E-state index contributed by atoms with van der Waals surface area (Å²) in [7, 11) is 1.56. The predicted octanol–water partition coefficient (Wildman–Crippen LogP) is 4.87. The molecule has 2 aromatic carbocycles. The largest absolute Gasteiger partial charge is 0.494 e. The highest BCUT2D eigenvalue weighted by Gasteiger charge is 2.29. The molecule has 1 atom stereocenters. The minimum atomic E-state index is -0.362. The molecule has 194 valence electrons. The van der Waals surface area contributed by atoms with Gasteiger partial charge in [0.2, 0.25) is 5.91 Å². The second-order valence-corrected chi connectivity index (χ2v) is 8.51. The first-order chi connectivity index (χ1) is 18.5. The smallest absolute Gasteiger partial charge is 0.247 e. The molecule has 0 bridgehead atoms. The van der Waals surface area contributed by atoms with Gasteiger partial charge in [-0.1, -0.05) is 18.7 Å². The average Bonchev–Trinajstić information content (AvgIpc) is 3.58. The fourth-order valence-electron chi connectivity index (χ4n) is 4.34. The van der Waals surface area contributed by atoms with E-state index in [2.05, 4.69) is 32.2 Å². The van der Waals surface area contributed by atoms with E-state index in [1.165, 1.54) is 24.5 Å². The first-order valence-electron chi connectivity index (χ1n) is 11.9. The number of hydrogen-bond donors (Lipinski definition) is 2. The van der Waals surface area contributed by atoms with E-state index < -0.39 is 0 Å². The van der Waals surface area contributed by atoms with E-state index in [1.807, 2.05) is 17.6 Å². The number of carbonyl (C=O) groups excluding carboxylic acids is 1. The molecule has 4 aromatic rings. The lowest BCUT2D eigenvalue weighted by atomic mass is 10.0. The number of amides is 1. The molecule has 1 aliphatic heterocycles. The van der Waals surface area contributed by atoms with Crippen LogP contribution < -0.4 is 20.4 Å². The maximum absolute atomic E-state index is 13.9. The zero-order chi connectivity index (χ0) is 26.6. The quantitative estimate of drug-likeness (QED) is 0.320. The Morgan fingerprint density at radius 2 is 2.08 bits per heavy atom. The van der Waals surface area contributed by atoms with Gasteiger partial charge < -0.3 is 19.9 Å². The van der Waals surface area contributed by atoms with Gasteiger partial charge in [0.15, 0.2) is 5.82 Å². The van der Waals surface area contributed by atoms with Gasteiger partial charge in [-0.2, -0.15) is 0 Å². The highest BCUT2D eigenvalue weighted by Crippen LogP contribution is 2.38. The Bertz CT molecular complexity index is 1490. The van der Waals surface area contributed by atoms with Crippen LogP contribution in [-0.2, 0) is 9.63 Å². The summed E-state index contributed by atoms with van der Waals surface area (Å²) in [6.07, 6.45) is 6.77. The lowest BCUT2D eigenvalue weighted by Gasteiger charge is -2.24. The fraction of sp³-hybridized carbons (Fsp3) is 0.185. The van der Waals surface area contributed by atoms with E-state index in [0.717, 1.165) is 11.4 Å². The van der Waals surface area contributed by atoms with Gasteiger partial charge in [0.1, 0.15) is 29.5 Å².